The van der Waals surface area contributed by atoms with E-state index in [0.29, 0.717) is 0 Å². The first-order chi connectivity index (χ1) is 9.84. The number of fused-ring (bicyclic) bond motifs is 1. The zero-order valence-electron chi connectivity index (χ0n) is 11.2. The Morgan fingerprint density at radius 2 is 1.85 bits per heavy atom. The second-order valence-electron chi connectivity index (χ2n) is 4.60. The first kappa shape index (κ1) is 12.4. The Labute approximate surface area is 118 Å². The van der Waals surface area contributed by atoms with E-state index in [1.807, 2.05) is 48.7 Å². The number of para-hydroxylation sites is 1. The van der Waals surface area contributed by atoms with Crippen molar-refractivity contribution in [3.8, 4) is 0 Å². The Morgan fingerprint density at radius 3 is 2.70 bits per heavy atom. The van der Waals surface area contributed by atoms with Crippen molar-refractivity contribution in [3.63, 3.8) is 0 Å². The summed E-state index contributed by atoms with van der Waals surface area (Å²) in [4.78, 5) is 4.37. The molecule has 3 rings (SSSR count). The Hall–Kier alpha value is -2.68. The van der Waals surface area contributed by atoms with Gasteiger partial charge < -0.3 is 0 Å². The second-order valence-corrected chi connectivity index (χ2v) is 4.60. The van der Waals surface area contributed by atoms with Gasteiger partial charge >= 0.3 is 0 Å². The highest BCUT2D eigenvalue weighted by atomic mass is 15.3. The Morgan fingerprint density at radius 1 is 1.00 bits per heavy atom. The van der Waals surface area contributed by atoms with Crippen molar-refractivity contribution < 1.29 is 0 Å². The van der Waals surface area contributed by atoms with Crippen molar-refractivity contribution in [3.05, 3.63) is 71.9 Å². The van der Waals surface area contributed by atoms with Gasteiger partial charge in [-0.1, -0.05) is 30.3 Å². The smallest absolute Gasteiger partial charge is 0.0708 e. The highest BCUT2D eigenvalue weighted by Gasteiger charge is 2.02. The molecule has 98 valence electrons. The third kappa shape index (κ3) is 2.52. The topological polar surface area (TPSA) is 37.3 Å². The predicted molar refractivity (Wildman–Crippen MR) is 84.1 cm³/mol. The second kappa shape index (κ2) is 5.53. The van der Waals surface area contributed by atoms with Crippen LogP contribution >= 0.6 is 0 Å². The summed E-state index contributed by atoms with van der Waals surface area (Å²) in [6.45, 7) is 2.08. The molecule has 0 aliphatic heterocycles. The third-order valence-corrected chi connectivity index (χ3v) is 3.21. The number of benzene rings is 2. The van der Waals surface area contributed by atoms with Gasteiger partial charge in [0.25, 0.3) is 0 Å². The van der Waals surface area contributed by atoms with Gasteiger partial charge in [-0.15, -0.1) is 0 Å². The number of pyridine rings is 1. The number of aryl methyl sites for hydroxylation is 1. The number of hydrazone groups is 1. The molecule has 3 nitrogen and oxygen atoms in total. The summed E-state index contributed by atoms with van der Waals surface area (Å²) in [5.41, 5.74) is 7.27. The fourth-order valence-corrected chi connectivity index (χ4v) is 2.14. The SMILES string of the molecule is Cc1ccc2ncccc2c1C=NNc1ccccc1. The minimum Gasteiger partial charge on any atom is -0.279 e. The molecular formula is C17H15N3. The zero-order chi connectivity index (χ0) is 13.8. The average Bonchev–Trinajstić information content (AvgIpc) is 2.50. The lowest BCUT2D eigenvalue weighted by Gasteiger charge is -2.05. The quantitative estimate of drug-likeness (QED) is 0.571. The summed E-state index contributed by atoms with van der Waals surface area (Å²) in [6, 6.07) is 18.0. The van der Waals surface area contributed by atoms with Crippen LogP contribution in [0.5, 0.6) is 0 Å². The van der Waals surface area contributed by atoms with E-state index in [0.717, 1.165) is 22.2 Å². The van der Waals surface area contributed by atoms with Crippen LogP contribution in [0.3, 0.4) is 0 Å². The molecule has 20 heavy (non-hydrogen) atoms. The van der Waals surface area contributed by atoms with E-state index < -0.39 is 0 Å². The summed E-state index contributed by atoms with van der Waals surface area (Å²) in [7, 11) is 0. The van der Waals surface area contributed by atoms with Gasteiger partial charge in [0.05, 0.1) is 17.4 Å². The van der Waals surface area contributed by atoms with Crippen LogP contribution in [0, 0.1) is 6.92 Å². The van der Waals surface area contributed by atoms with Crippen LogP contribution in [0.1, 0.15) is 11.1 Å². The summed E-state index contributed by atoms with van der Waals surface area (Å²) in [6.07, 6.45) is 3.66. The van der Waals surface area contributed by atoms with E-state index in [9.17, 15) is 0 Å². The van der Waals surface area contributed by atoms with Crippen LogP contribution in [-0.2, 0) is 0 Å². The summed E-state index contributed by atoms with van der Waals surface area (Å²) >= 11 is 0. The van der Waals surface area contributed by atoms with Gasteiger partial charge in [-0.2, -0.15) is 5.10 Å². The van der Waals surface area contributed by atoms with E-state index in [2.05, 4.69) is 34.6 Å². The standard InChI is InChI=1S/C17H15N3/c1-13-9-10-17-15(8-5-11-18-17)16(13)12-19-20-14-6-3-2-4-7-14/h2-12,20H,1H3. The molecule has 0 saturated carbocycles. The molecule has 0 unspecified atom stereocenters. The van der Waals surface area contributed by atoms with E-state index in [4.69, 9.17) is 0 Å². The molecule has 3 aromatic rings. The van der Waals surface area contributed by atoms with Crippen LogP contribution in [0.15, 0.2) is 65.9 Å². The van der Waals surface area contributed by atoms with E-state index in [1.54, 1.807) is 6.20 Å². The molecule has 0 aliphatic rings. The first-order valence-electron chi connectivity index (χ1n) is 6.53. The molecule has 0 saturated heterocycles. The lowest BCUT2D eigenvalue weighted by Crippen LogP contribution is -1.94. The highest BCUT2D eigenvalue weighted by molar-refractivity contribution is 5.99. The number of anilines is 1. The molecule has 0 fully saturated rings. The van der Waals surface area contributed by atoms with Gasteiger partial charge in [0, 0.05) is 17.1 Å². The molecular weight excluding hydrogens is 246 g/mol. The molecule has 0 bridgehead atoms. The molecule has 0 atom stereocenters. The summed E-state index contributed by atoms with van der Waals surface area (Å²) in [5, 5.41) is 5.44. The number of nitrogens with zero attached hydrogens (tertiary/aromatic N) is 2. The third-order valence-electron chi connectivity index (χ3n) is 3.21. The lowest BCUT2D eigenvalue weighted by atomic mass is 10.0. The molecule has 3 heteroatoms. The number of nitrogens with one attached hydrogen (secondary N) is 1. The van der Waals surface area contributed by atoms with Gasteiger partial charge in [0.15, 0.2) is 0 Å². The monoisotopic (exact) mass is 261 g/mol. The van der Waals surface area contributed by atoms with Gasteiger partial charge in [-0.3, -0.25) is 10.4 Å². The summed E-state index contributed by atoms with van der Waals surface area (Å²) in [5.74, 6) is 0. The van der Waals surface area contributed by atoms with Gasteiger partial charge in [0.1, 0.15) is 0 Å². The van der Waals surface area contributed by atoms with Crippen LogP contribution in [0.25, 0.3) is 10.9 Å². The van der Waals surface area contributed by atoms with Crippen molar-refractivity contribution >= 4 is 22.8 Å². The molecule has 0 spiro atoms. The molecule has 0 amide bonds. The van der Waals surface area contributed by atoms with Gasteiger partial charge in [-0.25, -0.2) is 0 Å². The van der Waals surface area contributed by atoms with Crippen molar-refractivity contribution in [1.82, 2.24) is 4.98 Å². The maximum atomic E-state index is 4.37. The minimum atomic E-state index is 0.972. The molecule has 1 aromatic heterocycles. The lowest BCUT2D eigenvalue weighted by molar-refractivity contribution is 1.34. The van der Waals surface area contributed by atoms with Gasteiger partial charge in [0.2, 0.25) is 0 Å². The number of rotatable bonds is 3. The van der Waals surface area contributed by atoms with Crippen molar-refractivity contribution in [2.45, 2.75) is 6.92 Å². The zero-order valence-corrected chi connectivity index (χ0v) is 11.2. The normalized spacial score (nSPS) is 11.1. The van der Waals surface area contributed by atoms with Crippen molar-refractivity contribution in [1.29, 1.82) is 0 Å². The molecule has 2 aromatic carbocycles. The Bertz CT molecular complexity index is 749. The minimum absolute atomic E-state index is 0.972. The maximum absolute atomic E-state index is 4.37. The van der Waals surface area contributed by atoms with E-state index >= 15 is 0 Å². The Kier molecular flexibility index (Phi) is 3.42. The molecule has 1 N–H and O–H groups in total. The van der Waals surface area contributed by atoms with Crippen LogP contribution in [0.4, 0.5) is 5.69 Å². The number of aromatic nitrogens is 1. The fraction of sp³-hybridized carbons (Fsp3) is 0.0588. The Balaban J connectivity index is 1.92. The molecule has 1 heterocycles. The van der Waals surface area contributed by atoms with Gasteiger partial charge in [-0.05, 0) is 36.8 Å². The van der Waals surface area contributed by atoms with Crippen LogP contribution < -0.4 is 5.43 Å². The first-order valence-corrected chi connectivity index (χ1v) is 6.53. The maximum Gasteiger partial charge on any atom is 0.0708 e. The van der Waals surface area contributed by atoms with E-state index in [-0.39, 0.29) is 0 Å². The number of hydrogen-bond donors (Lipinski definition) is 1. The number of hydrogen-bond acceptors (Lipinski definition) is 3. The van der Waals surface area contributed by atoms with E-state index in [1.165, 1.54) is 5.56 Å². The van der Waals surface area contributed by atoms with Crippen LogP contribution in [0.2, 0.25) is 0 Å². The average molecular weight is 261 g/mol. The predicted octanol–water partition coefficient (Wildman–Crippen LogP) is 3.99. The van der Waals surface area contributed by atoms with Crippen molar-refractivity contribution in [2.24, 2.45) is 5.10 Å². The summed E-state index contributed by atoms with van der Waals surface area (Å²) < 4.78 is 0. The largest absolute Gasteiger partial charge is 0.279 e. The highest BCUT2D eigenvalue weighted by Crippen LogP contribution is 2.18. The molecule has 0 radical (unpaired) electrons. The molecule has 0 aliphatic carbocycles. The fourth-order valence-electron chi connectivity index (χ4n) is 2.14. The van der Waals surface area contributed by atoms with Crippen LogP contribution in [-0.4, -0.2) is 11.2 Å². The van der Waals surface area contributed by atoms with Crippen molar-refractivity contribution in [2.75, 3.05) is 5.43 Å².